The third-order valence-electron chi connectivity index (χ3n) is 5.62. The Balaban J connectivity index is 0.00000316. The predicted octanol–water partition coefficient (Wildman–Crippen LogP) is 3.82. The van der Waals surface area contributed by atoms with Gasteiger partial charge in [-0.05, 0) is 84.1 Å². The van der Waals surface area contributed by atoms with Gasteiger partial charge in [-0.15, -0.1) is 13.2 Å². The summed E-state index contributed by atoms with van der Waals surface area (Å²) in [5.41, 5.74) is -0.786. The third kappa shape index (κ3) is 9.74. The number of methoxy groups -OCH3 is 1. The van der Waals surface area contributed by atoms with E-state index in [-0.39, 0.29) is 12.5 Å². The van der Waals surface area contributed by atoms with E-state index in [0.29, 0.717) is 11.5 Å². The Morgan fingerprint density at radius 1 is 1.11 bits per heavy atom. The summed E-state index contributed by atoms with van der Waals surface area (Å²) in [6, 6.07) is 5.61. The average molecular weight is 501 g/mol. The van der Waals surface area contributed by atoms with Crippen LogP contribution in [-0.2, 0) is 14.3 Å². The number of nitrogens with one attached hydrogen (secondary N) is 2. The molecule has 1 aromatic rings. The second-order valence-electron chi connectivity index (χ2n) is 10.2. The minimum Gasteiger partial charge on any atom is -0.467 e. The highest BCUT2D eigenvalue weighted by atomic mass is 16.6. The van der Waals surface area contributed by atoms with E-state index in [1.54, 1.807) is 58.9 Å². The van der Waals surface area contributed by atoms with Crippen molar-refractivity contribution >= 4 is 18.0 Å². The molecule has 3 atom stereocenters. The first kappa shape index (κ1) is 30.7. The normalized spacial score (nSPS) is 17.9. The minimum atomic E-state index is -1.19. The molecule has 198 valence electrons. The van der Waals surface area contributed by atoms with Crippen LogP contribution in [0, 0.1) is 23.7 Å². The van der Waals surface area contributed by atoms with Crippen molar-refractivity contribution in [3.05, 3.63) is 48.6 Å². The lowest BCUT2D eigenvalue weighted by atomic mass is 9.94. The zero-order valence-corrected chi connectivity index (χ0v) is 22.3. The molecule has 0 radical (unpaired) electrons. The third-order valence-corrected chi connectivity index (χ3v) is 5.62. The smallest absolute Gasteiger partial charge is 0.408 e. The molecular weight excluding hydrogens is 460 g/mol. The number of amides is 2. The zero-order chi connectivity index (χ0) is 27.5. The second-order valence-corrected chi connectivity index (χ2v) is 10.2. The lowest BCUT2D eigenvalue weighted by Gasteiger charge is -2.34. The monoisotopic (exact) mass is 500 g/mol. The van der Waals surface area contributed by atoms with Crippen LogP contribution < -0.4 is 10.6 Å². The number of esters is 1. The van der Waals surface area contributed by atoms with Crippen molar-refractivity contribution in [1.29, 1.82) is 0 Å². The number of benzene rings is 1. The summed E-state index contributed by atoms with van der Waals surface area (Å²) >= 11 is 0. The van der Waals surface area contributed by atoms with Crippen LogP contribution in [-0.4, -0.2) is 54.0 Å². The van der Waals surface area contributed by atoms with E-state index >= 15 is 0 Å². The van der Waals surface area contributed by atoms with Crippen LogP contribution in [0.3, 0.4) is 0 Å². The molecule has 0 aliphatic heterocycles. The Labute approximate surface area is 214 Å². The van der Waals surface area contributed by atoms with Crippen molar-refractivity contribution in [2.24, 2.45) is 11.8 Å². The molecule has 1 aromatic carbocycles. The number of hydrogen-bond acceptors (Lipinski definition) is 6. The Hall–Kier alpha value is -3.31. The Kier molecular flexibility index (Phi) is 11.7. The topological polar surface area (TPSA) is 114 Å². The maximum atomic E-state index is 12.9. The molecule has 0 aromatic heterocycles. The van der Waals surface area contributed by atoms with Gasteiger partial charge in [0.05, 0.1) is 12.6 Å². The zero-order valence-electron chi connectivity index (χ0n) is 22.3. The van der Waals surface area contributed by atoms with E-state index in [4.69, 9.17) is 9.47 Å². The largest absolute Gasteiger partial charge is 0.467 e. The van der Waals surface area contributed by atoms with E-state index in [1.807, 2.05) is 0 Å². The number of rotatable bonds is 6. The van der Waals surface area contributed by atoms with Gasteiger partial charge in [0.2, 0.25) is 0 Å². The molecule has 2 rings (SSSR count). The summed E-state index contributed by atoms with van der Waals surface area (Å²) in [7, 11) is 1.21. The minimum absolute atomic E-state index is 0.207. The van der Waals surface area contributed by atoms with Gasteiger partial charge in [-0.25, -0.2) is 9.59 Å². The van der Waals surface area contributed by atoms with E-state index < -0.39 is 35.2 Å². The van der Waals surface area contributed by atoms with Crippen LogP contribution in [0.25, 0.3) is 0 Å². The molecule has 36 heavy (non-hydrogen) atoms. The van der Waals surface area contributed by atoms with Gasteiger partial charge in [0.25, 0.3) is 5.91 Å². The molecule has 3 N–H and O–H groups in total. The molecule has 1 fully saturated rings. The fourth-order valence-electron chi connectivity index (χ4n) is 3.77. The highest BCUT2D eigenvalue weighted by Crippen LogP contribution is 2.29. The molecule has 1 aliphatic rings. The molecule has 8 heteroatoms. The van der Waals surface area contributed by atoms with E-state index in [2.05, 4.69) is 35.6 Å². The quantitative estimate of drug-likeness (QED) is 0.311. The fourth-order valence-corrected chi connectivity index (χ4v) is 3.77. The number of hydrogen-bond donors (Lipinski definition) is 3. The van der Waals surface area contributed by atoms with Crippen molar-refractivity contribution in [3.63, 3.8) is 0 Å². The van der Waals surface area contributed by atoms with Gasteiger partial charge >= 0.3 is 12.1 Å². The van der Waals surface area contributed by atoms with Crippen molar-refractivity contribution in [2.75, 3.05) is 13.7 Å². The highest BCUT2D eigenvalue weighted by Gasteiger charge is 2.40. The number of aliphatic hydroxyl groups excluding tert-OH is 1. The number of ether oxygens (including phenoxy) is 2. The van der Waals surface area contributed by atoms with Gasteiger partial charge in [-0.1, -0.05) is 11.8 Å². The van der Waals surface area contributed by atoms with E-state index in [0.717, 1.165) is 24.8 Å². The molecule has 0 heterocycles. The van der Waals surface area contributed by atoms with Gasteiger partial charge in [-0.3, -0.25) is 4.79 Å². The summed E-state index contributed by atoms with van der Waals surface area (Å²) in [6.07, 6.45) is 2.18. The average Bonchev–Trinajstić information content (AvgIpc) is 3.28. The Bertz CT molecular complexity index is 953. The van der Waals surface area contributed by atoms with Gasteiger partial charge in [0, 0.05) is 23.7 Å². The summed E-state index contributed by atoms with van der Waals surface area (Å²) in [5.74, 6) is 5.80. The van der Waals surface area contributed by atoms with Crippen LogP contribution in [0.5, 0.6) is 0 Å². The van der Waals surface area contributed by atoms with Gasteiger partial charge < -0.3 is 25.2 Å². The molecular formula is C28H40N2O6. The summed E-state index contributed by atoms with van der Waals surface area (Å²) in [4.78, 5) is 37.6. The first-order chi connectivity index (χ1) is 16.8. The van der Waals surface area contributed by atoms with Crippen LogP contribution in [0.1, 0.15) is 69.8 Å². The lowest BCUT2D eigenvalue weighted by molar-refractivity contribution is -0.144. The first-order valence-electron chi connectivity index (χ1n) is 12.0. The molecule has 3 unspecified atom stereocenters. The van der Waals surface area contributed by atoms with Crippen LogP contribution >= 0.6 is 0 Å². The van der Waals surface area contributed by atoms with E-state index in [9.17, 15) is 19.5 Å². The van der Waals surface area contributed by atoms with Crippen LogP contribution in [0.2, 0.25) is 0 Å². The maximum Gasteiger partial charge on any atom is 0.408 e. The molecule has 1 aliphatic carbocycles. The van der Waals surface area contributed by atoms with Gasteiger partial charge in [0.15, 0.2) is 0 Å². The summed E-state index contributed by atoms with van der Waals surface area (Å²) in [6.45, 7) is 14.6. The molecule has 8 nitrogen and oxygen atoms in total. The number of alkyl carbamates (subject to hydrolysis) is 1. The predicted molar refractivity (Wildman–Crippen MR) is 139 cm³/mol. The van der Waals surface area contributed by atoms with Gasteiger partial charge in [0.1, 0.15) is 11.6 Å². The molecule has 0 saturated heterocycles. The number of carbonyl (C=O) groups excluding carboxylic acids is 3. The van der Waals surface area contributed by atoms with E-state index in [1.165, 1.54) is 7.11 Å². The maximum absolute atomic E-state index is 12.9. The van der Waals surface area contributed by atoms with Crippen molar-refractivity contribution in [1.82, 2.24) is 10.6 Å². The molecule has 1 saturated carbocycles. The van der Waals surface area contributed by atoms with Crippen molar-refractivity contribution in [2.45, 2.75) is 71.1 Å². The second kappa shape index (κ2) is 13.7. The highest BCUT2D eigenvalue weighted by molar-refractivity contribution is 5.97. The molecule has 2 amide bonds. The number of carbonyl (C=O) groups is 3. The standard InChI is InChI=1S/C26H36N2O6.C2H4/c1-25(2,3)34-24(32)28-26(4,5)21(23(31)33-6)27-22(30)20-13-11-17(12-14-20)7-8-18-9-10-19(15-18)16-29;1-2/h11-14,18-19,21,29H,9-10,15-16H2,1-6H3,(H,27,30)(H,28,32);1-2H2. The fraction of sp³-hybridized carbons (Fsp3) is 0.536. The first-order valence-corrected chi connectivity index (χ1v) is 12.0. The molecule has 0 spiro atoms. The SMILES string of the molecule is C=C.COC(=O)C(NC(=O)c1ccc(C#CC2CCC(CO)C2)cc1)C(C)(C)NC(=O)OC(C)(C)C. The van der Waals surface area contributed by atoms with Crippen molar-refractivity contribution < 1.29 is 29.0 Å². The Morgan fingerprint density at radius 3 is 2.22 bits per heavy atom. The summed E-state index contributed by atoms with van der Waals surface area (Å²) < 4.78 is 10.1. The van der Waals surface area contributed by atoms with Crippen LogP contribution in [0.15, 0.2) is 37.4 Å². The number of aliphatic hydroxyl groups is 1. The summed E-state index contributed by atoms with van der Waals surface area (Å²) in [5, 5.41) is 14.6. The lowest BCUT2D eigenvalue weighted by Crippen LogP contribution is -2.62. The van der Waals surface area contributed by atoms with Crippen LogP contribution in [0.4, 0.5) is 4.79 Å². The Morgan fingerprint density at radius 2 is 1.72 bits per heavy atom. The van der Waals surface area contributed by atoms with Crippen molar-refractivity contribution in [3.8, 4) is 11.8 Å². The van der Waals surface area contributed by atoms with Gasteiger partial charge in [-0.2, -0.15) is 0 Å². The molecule has 0 bridgehead atoms.